The summed E-state index contributed by atoms with van der Waals surface area (Å²) >= 11 is 6.08. The summed E-state index contributed by atoms with van der Waals surface area (Å²) in [6.45, 7) is 0.188. The lowest BCUT2D eigenvalue weighted by Gasteiger charge is -2.17. The fourth-order valence-corrected chi connectivity index (χ4v) is 4.26. The maximum Gasteiger partial charge on any atom is 0.255 e. The number of anilines is 1. The van der Waals surface area contributed by atoms with E-state index in [-0.39, 0.29) is 17.3 Å². The van der Waals surface area contributed by atoms with Crippen molar-refractivity contribution in [3.05, 3.63) is 88.9 Å². The van der Waals surface area contributed by atoms with Crippen molar-refractivity contribution in [2.45, 2.75) is 11.4 Å². The summed E-state index contributed by atoms with van der Waals surface area (Å²) in [5.74, 6) is 0.224. The van der Waals surface area contributed by atoms with Gasteiger partial charge in [-0.15, -0.1) is 0 Å². The third kappa shape index (κ3) is 4.99. The maximum atomic E-state index is 12.6. The van der Waals surface area contributed by atoms with Gasteiger partial charge >= 0.3 is 0 Å². The fraction of sp³-hybridized carbons (Fsp3) is 0.136. The molecule has 0 saturated heterocycles. The third-order valence-corrected chi connectivity index (χ3v) is 6.60. The number of hydrogen-bond acceptors (Lipinski definition) is 4. The van der Waals surface area contributed by atoms with Crippen LogP contribution in [0.4, 0.5) is 5.69 Å². The number of carbonyl (C=O) groups excluding carboxylic acids is 1. The van der Waals surface area contributed by atoms with Crippen LogP contribution >= 0.6 is 11.6 Å². The highest BCUT2D eigenvalue weighted by Crippen LogP contribution is 2.27. The lowest BCUT2D eigenvalue weighted by atomic mass is 10.1. The minimum absolute atomic E-state index is 0.188. The van der Waals surface area contributed by atoms with Gasteiger partial charge in [-0.25, -0.2) is 8.42 Å². The Morgan fingerprint density at radius 2 is 1.70 bits per heavy atom. The van der Waals surface area contributed by atoms with Gasteiger partial charge in [0.15, 0.2) is 0 Å². The zero-order valence-corrected chi connectivity index (χ0v) is 18.1. The molecule has 0 bridgehead atoms. The Balaban J connectivity index is 1.67. The largest absolute Gasteiger partial charge is 0.495 e. The topological polar surface area (TPSA) is 75.7 Å². The monoisotopic (exact) mass is 444 g/mol. The van der Waals surface area contributed by atoms with E-state index in [1.54, 1.807) is 72.8 Å². The van der Waals surface area contributed by atoms with E-state index in [1.807, 2.05) is 0 Å². The molecule has 156 valence electrons. The molecule has 0 aliphatic heterocycles. The van der Waals surface area contributed by atoms with Crippen LogP contribution in [0, 0.1) is 0 Å². The molecule has 8 heteroatoms. The van der Waals surface area contributed by atoms with Gasteiger partial charge in [-0.05, 0) is 48.0 Å². The Kier molecular flexibility index (Phi) is 6.77. The van der Waals surface area contributed by atoms with Crippen LogP contribution in [-0.4, -0.2) is 32.8 Å². The molecule has 3 rings (SSSR count). The van der Waals surface area contributed by atoms with E-state index >= 15 is 0 Å². The zero-order valence-electron chi connectivity index (χ0n) is 16.5. The van der Waals surface area contributed by atoms with Gasteiger partial charge in [-0.3, -0.25) is 4.79 Å². The molecule has 0 heterocycles. The van der Waals surface area contributed by atoms with E-state index in [9.17, 15) is 13.2 Å². The molecule has 0 saturated carbocycles. The molecule has 3 aromatic carbocycles. The molecule has 0 aliphatic rings. The Labute approximate surface area is 181 Å². The van der Waals surface area contributed by atoms with Crippen LogP contribution in [0.25, 0.3) is 0 Å². The van der Waals surface area contributed by atoms with Crippen LogP contribution in [0.3, 0.4) is 0 Å². The predicted molar refractivity (Wildman–Crippen MR) is 117 cm³/mol. The zero-order chi connectivity index (χ0) is 21.7. The van der Waals surface area contributed by atoms with Crippen LogP contribution in [0.2, 0.25) is 5.02 Å². The normalized spacial score (nSPS) is 11.3. The van der Waals surface area contributed by atoms with Crippen molar-refractivity contribution in [3.8, 4) is 5.75 Å². The minimum atomic E-state index is -3.58. The van der Waals surface area contributed by atoms with E-state index in [2.05, 4.69) is 5.32 Å². The van der Waals surface area contributed by atoms with Gasteiger partial charge < -0.3 is 10.1 Å². The number of nitrogens with zero attached hydrogens (tertiary/aromatic N) is 1. The molecule has 0 radical (unpaired) electrons. The third-order valence-electron chi connectivity index (χ3n) is 4.48. The second kappa shape index (κ2) is 9.30. The van der Waals surface area contributed by atoms with Crippen molar-refractivity contribution < 1.29 is 17.9 Å². The Hall–Kier alpha value is -2.87. The lowest BCUT2D eigenvalue weighted by Crippen LogP contribution is -2.26. The van der Waals surface area contributed by atoms with Crippen LogP contribution in [-0.2, 0) is 16.6 Å². The summed E-state index contributed by atoms with van der Waals surface area (Å²) in [5.41, 5.74) is 1.75. The SMILES string of the molecule is COc1ccc(NC(=O)c2ccc(CN(C)S(=O)(=O)c3ccccc3)cc2)cc1Cl. The molecule has 3 aromatic rings. The number of nitrogens with one attached hydrogen (secondary N) is 1. The number of sulfonamides is 1. The van der Waals surface area contributed by atoms with Crippen molar-refractivity contribution in [3.63, 3.8) is 0 Å². The second-order valence-electron chi connectivity index (χ2n) is 6.57. The molecule has 1 N–H and O–H groups in total. The molecule has 0 unspecified atom stereocenters. The van der Waals surface area contributed by atoms with Crippen LogP contribution < -0.4 is 10.1 Å². The first kappa shape index (κ1) is 21.8. The van der Waals surface area contributed by atoms with Crippen molar-refractivity contribution in [2.75, 3.05) is 19.5 Å². The van der Waals surface area contributed by atoms with Crippen LogP contribution in [0.15, 0.2) is 77.7 Å². The van der Waals surface area contributed by atoms with E-state index in [0.29, 0.717) is 22.0 Å². The molecule has 0 spiro atoms. The maximum absolute atomic E-state index is 12.6. The number of hydrogen-bond donors (Lipinski definition) is 1. The van der Waals surface area contributed by atoms with Gasteiger partial charge in [0.2, 0.25) is 10.0 Å². The molecule has 0 fully saturated rings. The number of methoxy groups -OCH3 is 1. The molecular weight excluding hydrogens is 424 g/mol. The summed E-state index contributed by atoms with van der Waals surface area (Å²) in [6.07, 6.45) is 0. The smallest absolute Gasteiger partial charge is 0.255 e. The van der Waals surface area contributed by atoms with Gasteiger partial charge in [0.25, 0.3) is 5.91 Å². The molecule has 0 aliphatic carbocycles. The summed E-state index contributed by atoms with van der Waals surface area (Å²) in [6, 6.07) is 20.0. The van der Waals surface area contributed by atoms with Gasteiger partial charge in [0.05, 0.1) is 17.0 Å². The first-order valence-electron chi connectivity index (χ1n) is 9.06. The molecule has 0 aromatic heterocycles. The summed E-state index contributed by atoms with van der Waals surface area (Å²) in [4.78, 5) is 12.7. The molecular formula is C22H21ClN2O4S. The Morgan fingerprint density at radius 1 is 1.03 bits per heavy atom. The predicted octanol–water partition coefficient (Wildman–Crippen LogP) is 4.42. The minimum Gasteiger partial charge on any atom is -0.495 e. The average Bonchev–Trinajstić information content (AvgIpc) is 2.75. The number of amides is 1. The van der Waals surface area contributed by atoms with E-state index in [4.69, 9.17) is 16.3 Å². The van der Waals surface area contributed by atoms with Crippen molar-refractivity contribution in [1.29, 1.82) is 0 Å². The highest BCUT2D eigenvalue weighted by Gasteiger charge is 2.20. The summed E-state index contributed by atoms with van der Waals surface area (Å²) in [7, 11) is -0.541. The molecule has 6 nitrogen and oxygen atoms in total. The molecule has 0 atom stereocenters. The van der Waals surface area contributed by atoms with Gasteiger partial charge in [-0.1, -0.05) is 41.9 Å². The van der Waals surface area contributed by atoms with Crippen molar-refractivity contribution in [1.82, 2.24) is 4.31 Å². The number of halogens is 1. The highest BCUT2D eigenvalue weighted by molar-refractivity contribution is 7.89. The van der Waals surface area contributed by atoms with Crippen molar-refractivity contribution >= 4 is 33.2 Å². The first-order valence-corrected chi connectivity index (χ1v) is 10.9. The fourth-order valence-electron chi connectivity index (χ4n) is 2.82. The second-order valence-corrected chi connectivity index (χ2v) is 9.03. The summed E-state index contributed by atoms with van der Waals surface area (Å²) in [5, 5.41) is 3.17. The van der Waals surface area contributed by atoms with Gasteiger partial charge in [0, 0.05) is 24.8 Å². The molecule has 30 heavy (non-hydrogen) atoms. The number of ether oxygens (including phenoxy) is 1. The van der Waals surface area contributed by atoms with E-state index in [1.165, 1.54) is 18.5 Å². The summed E-state index contributed by atoms with van der Waals surface area (Å²) < 4.78 is 31.6. The van der Waals surface area contributed by atoms with Gasteiger partial charge in [-0.2, -0.15) is 4.31 Å². The number of carbonyl (C=O) groups is 1. The Morgan fingerprint density at radius 3 is 2.30 bits per heavy atom. The quantitative estimate of drug-likeness (QED) is 0.585. The number of rotatable bonds is 7. The van der Waals surface area contributed by atoms with Crippen LogP contribution in [0.1, 0.15) is 15.9 Å². The first-order chi connectivity index (χ1) is 14.3. The van der Waals surface area contributed by atoms with E-state index in [0.717, 1.165) is 5.56 Å². The lowest BCUT2D eigenvalue weighted by molar-refractivity contribution is 0.102. The average molecular weight is 445 g/mol. The van der Waals surface area contributed by atoms with E-state index < -0.39 is 10.0 Å². The molecule has 1 amide bonds. The van der Waals surface area contributed by atoms with Crippen LogP contribution in [0.5, 0.6) is 5.75 Å². The standard InChI is InChI=1S/C22H21ClN2O4S/c1-25(30(27,28)19-6-4-3-5-7-19)15-16-8-10-17(11-9-16)22(26)24-18-12-13-21(29-2)20(23)14-18/h3-14H,15H2,1-2H3,(H,24,26). The highest BCUT2D eigenvalue weighted by atomic mass is 35.5. The van der Waals surface area contributed by atoms with Gasteiger partial charge in [0.1, 0.15) is 5.75 Å². The Bertz CT molecular complexity index is 1130. The number of benzene rings is 3. The van der Waals surface area contributed by atoms with Crippen molar-refractivity contribution in [2.24, 2.45) is 0 Å².